The summed E-state index contributed by atoms with van der Waals surface area (Å²) in [4.78, 5) is 15.5. The van der Waals surface area contributed by atoms with Gasteiger partial charge >= 0.3 is 0 Å². The van der Waals surface area contributed by atoms with Gasteiger partial charge in [0, 0.05) is 12.9 Å². The van der Waals surface area contributed by atoms with E-state index in [0.29, 0.717) is 6.42 Å². The lowest BCUT2D eigenvalue weighted by Gasteiger charge is -2.12. The minimum atomic E-state index is -0.358. The molecule has 1 unspecified atom stereocenters. The van der Waals surface area contributed by atoms with Crippen LogP contribution >= 0.6 is 11.8 Å². The highest BCUT2D eigenvalue weighted by Gasteiger charge is 2.18. The van der Waals surface area contributed by atoms with Crippen LogP contribution in [0.1, 0.15) is 13.3 Å². The Bertz CT molecular complexity index is 214. The molecule has 0 fully saturated rings. The van der Waals surface area contributed by atoms with Crippen LogP contribution in [0.5, 0.6) is 0 Å². The van der Waals surface area contributed by atoms with E-state index in [9.17, 15) is 4.79 Å². The van der Waals surface area contributed by atoms with Gasteiger partial charge in [-0.2, -0.15) is 0 Å². The molecule has 1 rings (SSSR count). The molecule has 4 nitrogen and oxygen atoms in total. The summed E-state index contributed by atoms with van der Waals surface area (Å²) in [6, 6.07) is 0. The molecule has 1 amide bonds. The topological polar surface area (TPSA) is 50.7 Å². The number of aliphatic imine (C=N–C) groups is 1. The zero-order chi connectivity index (χ0) is 9.68. The summed E-state index contributed by atoms with van der Waals surface area (Å²) < 4.78 is 5.00. The maximum absolute atomic E-state index is 11.4. The third kappa shape index (κ3) is 3.00. The Balaban J connectivity index is 2.39. The second-order valence-electron chi connectivity index (χ2n) is 2.66. The molecule has 0 aromatic rings. The molecule has 0 saturated heterocycles. The lowest BCUT2D eigenvalue weighted by molar-refractivity contribution is -0.129. The van der Waals surface area contributed by atoms with E-state index in [1.165, 1.54) is 7.11 Å². The molecule has 5 heteroatoms. The fourth-order valence-electron chi connectivity index (χ4n) is 1.06. The monoisotopic (exact) mass is 202 g/mol. The number of rotatable bonds is 3. The Kier molecular flexibility index (Phi) is 4.24. The molecule has 0 aromatic carbocycles. The minimum Gasteiger partial charge on any atom is -0.372 e. The number of carbonyl (C=O) groups is 1. The van der Waals surface area contributed by atoms with Crippen LogP contribution in [-0.2, 0) is 9.53 Å². The van der Waals surface area contributed by atoms with Gasteiger partial charge in [0.15, 0.2) is 5.17 Å². The van der Waals surface area contributed by atoms with Crippen molar-refractivity contribution < 1.29 is 9.53 Å². The highest BCUT2D eigenvalue weighted by molar-refractivity contribution is 8.14. The summed E-state index contributed by atoms with van der Waals surface area (Å²) in [6.07, 6.45) is 0.323. The zero-order valence-electron chi connectivity index (χ0n) is 7.87. The van der Waals surface area contributed by atoms with Crippen molar-refractivity contribution in [2.75, 3.05) is 19.4 Å². The lowest BCUT2D eigenvalue weighted by Crippen LogP contribution is -2.37. The molecular weight excluding hydrogens is 188 g/mol. The smallest absolute Gasteiger partial charge is 0.255 e. The number of amides is 1. The van der Waals surface area contributed by atoms with Gasteiger partial charge in [-0.15, -0.1) is 0 Å². The minimum absolute atomic E-state index is 0.0989. The molecule has 0 saturated carbocycles. The number of nitrogens with zero attached hydrogens (tertiary/aromatic N) is 1. The van der Waals surface area contributed by atoms with Gasteiger partial charge in [-0.05, 0) is 6.42 Å². The summed E-state index contributed by atoms with van der Waals surface area (Å²) in [5, 5.41) is 3.45. The van der Waals surface area contributed by atoms with Crippen molar-refractivity contribution in [3.63, 3.8) is 0 Å². The molecule has 74 valence electrons. The van der Waals surface area contributed by atoms with Gasteiger partial charge in [0.1, 0.15) is 6.10 Å². The Morgan fingerprint density at radius 1 is 1.85 bits per heavy atom. The van der Waals surface area contributed by atoms with Crippen molar-refractivity contribution in [2.24, 2.45) is 4.99 Å². The van der Waals surface area contributed by atoms with E-state index in [-0.39, 0.29) is 12.0 Å². The molecule has 1 aliphatic heterocycles. The SMILES string of the molecule is CCC(OC)C(=O)NC1=NCCS1. The maximum Gasteiger partial charge on any atom is 0.255 e. The Hall–Kier alpha value is -0.550. The third-order valence-corrected chi connectivity index (χ3v) is 2.65. The van der Waals surface area contributed by atoms with Gasteiger partial charge in [-0.3, -0.25) is 9.79 Å². The van der Waals surface area contributed by atoms with Gasteiger partial charge in [0.05, 0.1) is 6.54 Å². The first-order valence-corrected chi connectivity index (χ1v) is 5.27. The van der Waals surface area contributed by atoms with Crippen LogP contribution in [0.15, 0.2) is 4.99 Å². The Morgan fingerprint density at radius 2 is 2.62 bits per heavy atom. The van der Waals surface area contributed by atoms with Gasteiger partial charge in [-0.1, -0.05) is 18.7 Å². The molecule has 1 aliphatic rings. The molecule has 1 N–H and O–H groups in total. The number of carbonyl (C=O) groups excluding carboxylic acids is 1. The van der Waals surface area contributed by atoms with Crippen LogP contribution in [0, 0.1) is 0 Å². The summed E-state index contributed by atoms with van der Waals surface area (Å²) in [7, 11) is 1.54. The summed E-state index contributed by atoms with van der Waals surface area (Å²) >= 11 is 1.57. The van der Waals surface area contributed by atoms with Crippen LogP contribution in [-0.4, -0.2) is 36.6 Å². The lowest BCUT2D eigenvalue weighted by atomic mass is 10.2. The zero-order valence-corrected chi connectivity index (χ0v) is 8.69. The number of nitrogens with one attached hydrogen (secondary N) is 1. The largest absolute Gasteiger partial charge is 0.372 e. The van der Waals surface area contributed by atoms with Crippen molar-refractivity contribution in [2.45, 2.75) is 19.4 Å². The van der Waals surface area contributed by atoms with Crippen molar-refractivity contribution in [3.8, 4) is 0 Å². The molecule has 1 heterocycles. The van der Waals surface area contributed by atoms with E-state index in [0.717, 1.165) is 17.5 Å². The molecule has 0 bridgehead atoms. The van der Waals surface area contributed by atoms with Gasteiger partial charge in [0.25, 0.3) is 5.91 Å². The number of thioether (sulfide) groups is 1. The second-order valence-corrected chi connectivity index (χ2v) is 3.74. The third-order valence-electron chi connectivity index (χ3n) is 1.76. The highest BCUT2D eigenvalue weighted by atomic mass is 32.2. The number of hydrogen-bond donors (Lipinski definition) is 1. The molecule has 1 atom stereocenters. The molecule has 0 radical (unpaired) electrons. The van der Waals surface area contributed by atoms with Crippen LogP contribution in [0.25, 0.3) is 0 Å². The van der Waals surface area contributed by atoms with E-state index in [1.54, 1.807) is 11.8 Å². The number of amidine groups is 1. The summed E-state index contributed by atoms with van der Waals surface area (Å²) in [5.41, 5.74) is 0. The summed E-state index contributed by atoms with van der Waals surface area (Å²) in [6.45, 7) is 2.71. The Labute approximate surface area is 82.1 Å². The van der Waals surface area contributed by atoms with E-state index in [4.69, 9.17) is 4.74 Å². The van der Waals surface area contributed by atoms with Crippen LogP contribution in [0.2, 0.25) is 0 Å². The second kappa shape index (κ2) is 5.24. The first-order chi connectivity index (χ1) is 6.27. The van der Waals surface area contributed by atoms with E-state index >= 15 is 0 Å². The number of ether oxygens (including phenoxy) is 1. The molecule has 0 spiro atoms. The van der Waals surface area contributed by atoms with Crippen LogP contribution in [0.3, 0.4) is 0 Å². The van der Waals surface area contributed by atoms with Gasteiger partial charge < -0.3 is 10.1 Å². The quantitative estimate of drug-likeness (QED) is 0.730. The fourth-order valence-corrected chi connectivity index (χ4v) is 1.79. The summed E-state index contributed by atoms with van der Waals surface area (Å²) in [5.74, 6) is 0.859. The van der Waals surface area contributed by atoms with Crippen molar-refractivity contribution in [3.05, 3.63) is 0 Å². The maximum atomic E-state index is 11.4. The molecular formula is C8H14N2O2S. The van der Waals surface area contributed by atoms with E-state index in [1.807, 2.05) is 6.92 Å². The predicted octanol–water partition coefficient (Wildman–Crippen LogP) is 0.630. The average molecular weight is 202 g/mol. The number of methoxy groups -OCH3 is 1. The van der Waals surface area contributed by atoms with Gasteiger partial charge in [0.2, 0.25) is 0 Å². The predicted molar refractivity (Wildman–Crippen MR) is 54.0 cm³/mol. The van der Waals surface area contributed by atoms with Crippen LogP contribution < -0.4 is 5.32 Å². The number of hydrogen-bond acceptors (Lipinski definition) is 4. The van der Waals surface area contributed by atoms with Crippen molar-refractivity contribution >= 4 is 22.8 Å². The van der Waals surface area contributed by atoms with Crippen molar-refractivity contribution in [1.82, 2.24) is 5.32 Å². The standard InChI is InChI=1S/C8H14N2O2S/c1-3-6(12-2)7(11)10-8-9-4-5-13-8/h6H,3-5H2,1-2H3,(H,9,10,11). The highest BCUT2D eigenvalue weighted by Crippen LogP contribution is 2.09. The normalized spacial score (nSPS) is 18.2. The fraction of sp³-hybridized carbons (Fsp3) is 0.750. The molecule has 13 heavy (non-hydrogen) atoms. The van der Waals surface area contributed by atoms with Crippen LogP contribution in [0.4, 0.5) is 0 Å². The molecule has 0 aliphatic carbocycles. The van der Waals surface area contributed by atoms with Crippen molar-refractivity contribution in [1.29, 1.82) is 0 Å². The van der Waals surface area contributed by atoms with E-state index < -0.39 is 0 Å². The van der Waals surface area contributed by atoms with Gasteiger partial charge in [-0.25, -0.2) is 0 Å². The molecule has 0 aromatic heterocycles. The first kappa shape index (κ1) is 10.5. The first-order valence-electron chi connectivity index (χ1n) is 4.28. The van der Waals surface area contributed by atoms with E-state index in [2.05, 4.69) is 10.3 Å². The Morgan fingerprint density at radius 3 is 3.08 bits per heavy atom. The average Bonchev–Trinajstić information content (AvgIpc) is 2.59.